The maximum Gasteiger partial charge on any atom is 0.328 e. The molecule has 1 amide bonds. The third kappa shape index (κ3) is 2.44. The van der Waals surface area contributed by atoms with Gasteiger partial charge in [-0.15, -0.1) is 0 Å². The Hall–Kier alpha value is -2.30. The van der Waals surface area contributed by atoms with Crippen LogP contribution in [0.15, 0.2) is 36.4 Å². The third-order valence-electron chi connectivity index (χ3n) is 2.36. The maximum atomic E-state index is 11.8. The normalized spacial score (nSPS) is 14.2. The number of benzene rings is 1. The van der Waals surface area contributed by atoms with Crippen LogP contribution in [0.25, 0.3) is 0 Å². The Labute approximate surface area is 97.9 Å². The predicted molar refractivity (Wildman–Crippen MR) is 61.1 cm³/mol. The summed E-state index contributed by atoms with van der Waals surface area (Å²) >= 11 is 0. The molecule has 0 unspecified atom stereocenters. The van der Waals surface area contributed by atoms with E-state index in [2.05, 4.69) is 0 Å². The molecule has 0 spiro atoms. The predicted octanol–water partition coefficient (Wildman–Crippen LogP) is 1.05. The van der Waals surface area contributed by atoms with Crippen molar-refractivity contribution in [3.8, 4) is 5.75 Å². The van der Waals surface area contributed by atoms with Gasteiger partial charge >= 0.3 is 5.97 Å². The van der Waals surface area contributed by atoms with Gasteiger partial charge < -0.3 is 14.7 Å². The minimum Gasteiger partial charge on any atom is -0.490 e. The average molecular weight is 233 g/mol. The topological polar surface area (TPSA) is 66.8 Å². The Morgan fingerprint density at radius 1 is 1.29 bits per heavy atom. The molecule has 1 heterocycles. The Kier molecular flexibility index (Phi) is 3.09. The number of aliphatic carboxylic acids is 1. The van der Waals surface area contributed by atoms with Gasteiger partial charge in [0.05, 0.1) is 12.2 Å². The standard InChI is InChI=1S/C12H11NO4/c14-11(5-6-12(15)16)13-7-8-17-10-4-2-1-3-9(10)13/h1-6H,7-8H2,(H,15,16). The SMILES string of the molecule is O=C(O)C=CC(=O)N1CCOc2ccccc21. The number of para-hydroxylation sites is 2. The van der Waals surface area contributed by atoms with E-state index in [1.165, 1.54) is 4.90 Å². The number of amides is 1. The van der Waals surface area contributed by atoms with Crippen molar-refractivity contribution in [2.45, 2.75) is 0 Å². The number of hydrogen-bond acceptors (Lipinski definition) is 3. The molecule has 0 saturated carbocycles. The number of carboxylic acids is 1. The van der Waals surface area contributed by atoms with Gasteiger partial charge in [0.1, 0.15) is 12.4 Å². The van der Waals surface area contributed by atoms with Crippen LogP contribution in [0.2, 0.25) is 0 Å². The van der Waals surface area contributed by atoms with Crippen molar-refractivity contribution in [1.82, 2.24) is 0 Å². The van der Waals surface area contributed by atoms with E-state index in [-0.39, 0.29) is 5.91 Å². The number of ether oxygens (including phenoxy) is 1. The van der Waals surface area contributed by atoms with Gasteiger partial charge in [-0.1, -0.05) is 12.1 Å². The van der Waals surface area contributed by atoms with Crippen molar-refractivity contribution in [3.05, 3.63) is 36.4 Å². The highest BCUT2D eigenvalue weighted by molar-refractivity contribution is 6.05. The molecule has 17 heavy (non-hydrogen) atoms. The summed E-state index contributed by atoms with van der Waals surface area (Å²) < 4.78 is 5.40. The lowest BCUT2D eigenvalue weighted by Gasteiger charge is -2.28. The number of fused-ring (bicyclic) bond motifs is 1. The van der Waals surface area contributed by atoms with Crippen LogP contribution in [0, 0.1) is 0 Å². The first kappa shape index (κ1) is 11.2. The second-order valence-electron chi connectivity index (χ2n) is 3.48. The van der Waals surface area contributed by atoms with E-state index in [9.17, 15) is 9.59 Å². The fourth-order valence-electron chi connectivity index (χ4n) is 1.63. The lowest BCUT2D eigenvalue weighted by Crippen LogP contribution is -2.36. The molecule has 0 aliphatic carbocycles. The highest BCUT2D eigenvalue weighted by Gasteiger charge is 2.21. The van der Waals surface area contributed by atoms with Gasteiger partial charge in [0.25, 0.3) is 5.91 Å². The number of carboxylic acid groups (broad SMARTS) is 1. The zero-order chi connectivity index (χ0) is 12.3. The number of nitrogens with zero attached hydrogens (tertiary/aromatic N) is 1. The molecule has 0 aromatic heterocycles. The fourth-order valence-corrected chi connectivity index (χ4v) is 1.63. The highest BCUT2D eigenvalue weighted by atomic mass is 16.5. The number of anilines is 1. The minimum absolute atomic E-state index is 0.358. The molecule has 1 aromatic carbocycles. The van der Waals surface area contributed by atoms with Crippen LogP contribution >= 0.6 is 0 Å². The first-order valence-corrected chi connectivity index (χ1v) is 5.13. The summed E-state index contributed by atoms with van der Waals surface area (Å²) in [7, 11) is 0. The van der Waals surface area contributed by atoms with Gasteiger partial charge in [0.15, 0.2) is 0 Å². The minimum atomic E-state index is -1.14. The molecule has 5 nitrogen and oxygen atoms in total. The first-order chi connectivity index (χ1) is 8.18. The van der Waals surface area contributed by atoms with Crippen molar-refractivity contribution in [3.63, 3.8) is 0 Å². The smallest absolute Gasteiger partial charge is 0.328 e. The van der Waals surface area contributed by atoms with Gasteiger partial charge in [-0.3, -0.25) is 4.79 Å². The Morgan fingerprint density at radius 2 is 2.06 bits per heavy atom. The molecule has 5 heteroatoms. The summed E-state index contributed by atoms with van der Waals surface area (Å²) in [6.45, 7) is 0.823. The molecule has 0 saturated heterocycles. The quantitative estimate of drug-likeness (QED) is 0.775. The molecule has 1 aliphatic heterocycles. The average Bonchev–Trinajstić information content (AvgIpc) is 2.35. The summed E-state index contributed by atoms with van der Waals surface area (Å²) in [5.74, 6) is -0.862. The Morgan fingerprint density at radius 3 is 2.82 bits per heavy atom. The summed E-state index contributed by atoms with van der Waals surface area (Å²) in [5, 5.41) is 8.47. The molecule has 1 aromatic rings. The fraction of sp³-hybridized carbons (Fsp3) is 0.167. The molecule has 0 radical (unpaired) electrons. The van der Waals surface area contributed by atoms with Gasteiger partial charge in [-0.25, -0.2) is 4.79 Å². The Bertz CT molecular complexity index is 481. The van der Waals surface area contributed by atoms with Crippen molar-refractivity contribution in [1.29, 1.82) is 0 Å². The summed E-state index contributed by atoms with van der Waals surface area (Å²) in [5.41, 5.74) is 0.666. The molecule has 2 rings (SSSR count). The van der Waals surface area contributed by atoms with Crippen LogP contribution in [0.4, 0.5) is 5.69 Å². The highest BCUT2D eigenvalue weighted by Crippen LogP contribution is 2.30. The van der Waals surface area contributed by atoms with Gasteiger partial charge in [0.2, 0.25) is 0 Å². The van der Waals surface area contributed by atoms with Gasteiger partial charge in [-0.05, 0) is 12.1 Å². The molecular weight excluding hydrogens is 222 g/mol. The van der Waals surface area contributed by atoms with Crippen molar-refractivity contribution < 1.29 is 19.4 Å². The van der Waals surface area contributed by atoms with Crippen molar-refractivity contribution in [2.24, 2.45) is 0 Å². The van der Waals surface area contributed by atoms with Crippen LogP contribution < -0.4 is 9.64 Å². The number of rotatable bonds is 2. The second-order valence-corrected chi connectivity index (χ2v) is 3.48. The van der Waals surface area contributed by atoms with Crippen molar-refractivity contribution >= 4 is 17.6 Å². The summed E-state index contributed by atoms with van der Waals surface area (Å²) in [6, 6.07) is 7.16. The largest absolute Gasteiger partial charge is 0.490 e. The van der Waals surface area contributed by atoms with E-state index in [1.54, 1.807) is 18.2 Å². The van der Waals surface area contributed by atoms with E-state index in [0.29, 0.717) is 24.6 Å². The summed E-state index contributed by atoms with van der Waals surface area (Å²) in [4.78, 5) is 23.6. The van der Waals surface area contributed by atoms with E-state index in [0.717, 1.165) is 12.2 Å². The van der Waals surface area contributed by atoms with Crippen LogP contribution in [-0.2, 0) is 9.59 Å². The van der Waals surface area contributed by atoms with Crippen LogP contribution in [0.3, 0.4) is 0 Å². The zero-order valence-corrected chi connectivity index (χ0v) is 9.00. The molecule has 1 aliphatic rings. The van der Waals surface area contributed by atoms with E-state index < -0.39 is 5.97 Å². The number of hydrogen-bond donors (Lipinski definition) is 1. The van der Waals surface area contributed by atoms with Crippen LogP contribution in [0.1, 0.15) is 0 Å². The maximum absolute atomic E-state index is 11.8. The van der Waals surface area contributed by atoms with E-state index in [4.69, 9.17) is 9.84 Å². The van der Waals surface area contributed by atoms with Gasteiger partial charge in [0, 0.05) is 12.2 Å². The van der Waals surface area contributed by atoms with Crippen LogP contribution in [-0.4, -0.2) is 30.1 Å². The molecule has 0 fully saturated rings. The number of carbonyl (C=O) groups excluding carboxylic acids is 1. The van der Waals surface area contributed by atoms with E-state index in [1.807, 2.05) is 6.07 Å². The van der Waals surface area contributed by atoms with Crippen molar-refractivity contribution in [2.75, 3.05) is 18.1 Å². The monoisotopic (exact) mass is 233 g/mol. The van der Waals surface area contributed by atoms with Crippen LogP contribution in [0.5, 0.6) is 5.75 Å². The van der Waals surface area contributed by atoms with Gasteiger partial charge in [-0.2, -0.15) is 0 Å². The molecule has 0 bridgehead atoms. The number of carbonyl (C=O) groups is 2. The molecular formula is C12H11NO4. The molecule has 88 valence electrons. The third-order valence-corrected chi connectivity index (χ3v) is 2.36. The first-order valence-electron chi connectivity index (χ1n) is 5.13. The summed E-state index contributed by atoms with van der Waals surface area (Å²) in [6.07, 6.45) is 1.88. The Balaban J connectivity index is 2.24. The zero-order valence-electron chi connectivity index (χ0n) is 9.00. The lowest BCUT2D eigenvalue weighted by molar-refractivity contribution is -0.131. The second kappa shape index (κ2) is 4.69. The van der Waals surface area contributed by atoms with E-state index >= 15 is 0 Å². The molecule has 1 N–H and O–H groups in total. The molecule has 0 atom stereocenters. The lowest BCUT2D eigenvalue weighted by atomic mass is 10.2.